The maximum atomic E-state index is 13.3. The van der Waals surface area contributed by atoms with E-state index in [1.165, 1.54) is 6.07 Å². The molecule has 92 valence electrons. The van der Waals surface area contributed by atoms with Crippen molar-refractivity contribution in [2.75, 3.05) is 6.61 Å². The fourth-order valence-electron chi connectivity index (χ4n) is 1.80. The van der Waals surface area contributed by atoms with E-state index >= 15 is 0 Å². The van der Waals surface area contributed by atoms with Gasteiger partial charge < -0.3 is 10.5 Å². The van der Waals surface area contributed by atoms with E-state index in [0.29, 0.717) is 6.42 Å². The summed E-state index contributed by atoms with van der Waals surface area (Å²) < 4.78 is 31.7. The smallest absolute Gasteiger partial charge is 0.190 e. The third kappa shape index (κ3) is 2.72. The second-order valence-corrected chi connectivity index (χ2v) is 4.54. The zero-order chi connectivity index (χ0) is 12.5. The zero-order valence-corrected chi connectivity index (χ0v) is 9.30. The molecule has 0 bridgehead atoms. The number of amidine groups is 1. The van der Waals surface area contributed by atoms with Crippen molar-refractivity contribution in [3.63, 3.8) is 0 Å². The van der Waals surface area contributed by atoms with Crippen LogP contribution in [0.25, 0.3) is 0 Å². The summed E-state index contributed by atoms with van der Waals surface area (Å²) >= 11 is 0. The Morgan fingerprint density at radius 3 is 2.41 bits per heavy atom. The average Bonchev–Trinajstić information content (AvgIpc) is 2.96. The molecular weight excluding hydrogens is 226 g/mol. The maximum absolute atomic E-state index is 13.3. The number of benzene rings is 1. The summed E-state index contributed by atoms with van der Waals surface area (Å²) in [4.78, 5) is 0. The van der Waals surface area contributed by atoms with Gasteiger partial charge in [0.2, 0.25) is 0 Å². The first kappa shape index (κ1) is 11.8. The van der Waals surface area contributed by atoms with Gasteiger partial charge in [-0.15, -0.1) is 0 Å². The molecule has 1 aromatic rings. The lowest BCUT2D eigenvalue weighted by molar-refractivity contribution is 0.219. The summed E-state index contributed by atoms with van der Waals surface area (Å²) in [6.07, 6.45) is 2.17. The molecule has 0 atom stereocenters. The Labute approximate surface area is 98.1 Å². The van der Waals surface area contributed by atoms with E-state index in [9.17, 15) is 8.78 Å². The molecule has 0 unspecified atom stereocenters. The molecule has 1 saturated carbocycles. The SMILES string of the molecule is N=C(N)CC1(COc2c(F)cccc2F)CC1. The van der Waals surface area contributed by atoms with E-state index < -0.39 is 11.6 Å². The number of ether oxygens (including phenoxy) is 1. The Morgan fingerprint density at radius 2 is 1.94 bits per heavy atom. The second kappa shape index (κ2) is 4.31. The first-order valence-electron chi connectivity index (χ1n) is 5.42. The Morgan fingerprint density at radius 1 is 1.35 bits per heavy atom. The molecule has 0 heterocycles. The van der Waals surface area contributed by atoms with Crippen molar-refractivity contribution in [2.24, 2.45) is 11.1 Å². The van der Waals surface area contributed by atoms with E-state index in [1.807, 2.05) is 0 Å². The molecule has 0 radical (unpaired) electrons. The third-order valence-corrected chi connectivity index (χ3v) is 2.96. The number of nitrogens with one attached hydrogen (secondary N) is 1. The van der Waals surface area contributed by atoms with Gasteiger partial charge in [0, 0.05) is 11.8 Å². The fourth-order valence-corrected chi connectivity index (χ4v) is 1.80. The average molecular weight is 240 g/mol. The molecule has 0 saturated heterocycles. The van der Waals surface area contributed by atoms with Crippen LogP contribution in [0.1, 0.15) is 19.3 Å². The topological polar surface area (TPSA) is 59.1 Å². The quantitative estimate of drug-likeness (QED) is 0.613. The number of halogens is 2. The first-order chi connectivity index (χ1) is 8.02. The van der Waals surface area contributed by atoms with Crippen LogP contribution >= 0.6 is 0 Å². The summed E-state index contributed by atoms with van der Waals surface area (Å²) in [5, 5.41) is 7.23. The van der Waals surface area contributed by atoms with Crippen molar-refractivity contribution in [1.29, 1.82) is 5.41 Å². The lowest BCUT2D eigenvalue weighted by atomic mass is 10.0. The van der Waals surface area contributed by atoms with Crippen LogP contribution in [-0.2, 0) is 0 Å². The summed E-state index contributed by atoms with van der Waals surface area (Å²) in [5.41, 5.74) is 5.13. The Balaban J connectivity index is 2.01. The Kier molecular flexibility index (Phi) is 3.00. The van der Waals surface area contributed by atoms with Gasteiger partial charge in [-0.25, -0.2) is 8.78 Å². The van der Waals surface area contributed by atoms with E-state index in [2.05, 4.69) is 0 Å². The van der Waals surface area contributed by atoms with Crippen molar-refractivity contribution in [2.45, 2.75) is 19.3 Å². The Bertz CT molecular complexity index is 424. The number of nitrogens with two attached hydrogens (primary N) is 1. The molecule has 0 aromatic heterocycles. The van der Waals surface area contributed by atoms with Gasteiger partial charge >= 0.3 is 0 Å². The number of hydrogen-bond donors (Lipinski definition) is 2. The molecule has 0 amide bonds. The van der Waals surface area contributed by atoms with Crippen LogP contribution in [0.2, 0.25) is 0 Å². The minimum atomic E-state index is -0.705. The van der Waals surface area contributed by atoms with Gasteiger partial charge in [0.1, 0.15) is 0 Å². The highest BCUT2D eigenvalue weighted by Crippen LogP contribution is 2.49. The minimum Gasteiger partial charge on any atom is -0.487 e. The summed E-state index contributed by atoms with van der Waals surface area (Å²) in [5.74, 6) is -1.67. The molecule has 3 N–H and O–H groups in total. The van der Waals surface area contributed by atoms with Crippen LogP contribution in [0.5, 0.6) is 5.75 Å². The molecule has 3 nitrogen and oxygen atoms in total. The molecule has 0 aliphatic heterocycles. The van der Waals surface area contributed by atoms with Crippen LogP contribution in [0.3, 0.4) is 0 Å². The van der Waals surface area contributed by atoms with E-state index in [-0.39, 0.29) is 23.6 Å². The molecule has 1 aliphatic rings. The van der Waals surface area contributed by atoms with Crippen molar-refractivity contribution < 1.29 is 13.5 Å². The molecule has 1 aromatic carbocycles. The zero-order valence-electron chi connectivity index (χ0n) is 9.30. The minimum absolute atomic E-state index is 0.0834. The highest BCUT2D eigenvalue weighted by Gasteiger charge is 2.44. The van der Waals surface area contributed by atoms with E-state index in [4.69, 9.17) is 15.9 Å². The second-order valence-electron chi connectivity index (χ2n) is 4.54. The lowest BCUT2D eigenvalue weighted by Gasteiger charge is -2.16. The largest absolute Gasteiger partial charge is 0.487 e. The van der Waals surface area contributed by atoms with Gasteiger partial charge in [0.05, 0.1) is 12.4 Å². The molecule has 1 fully saturated rings. The van der Waals surface area contributed by atoms with Gasteiger partial charge in [0.15, 0.2) is 17.4 Å². The van der Waals surface area contributed by atoms with Crippen molar-refractivity contribution in [3.8, 4) is 5.75 Å². The molecule has 0 spiro atoms. The monoisotopic (exact) mass is 240 g/mol. The normalized spacial score (nSPS) is 16.6. The molecule has 17 heavy (non-hydrogen) atoms. The van der Waals surface area contributed by atoms with E-state index in [1.54, 1.807) is 0 Å². The lowest BCUT2D eigenvalue weighted by Crippen LogP contribution is -2.22. The van der Waals surface area contributed by atoms with E-state index in [0.717, 1.165) is 25.0 Å². The van der Waals surface area contributed by atoms with Crippen molar-refractivity contribution >= 4 is 5.84 Å². The van der Waals surface area contributed by atoms with Crippen molar-refractivity contribution in [3.05, 3.63) is 29.8 Å². The van der Waals surface area contributed by atoms with Crippen LogP contribution < -0.4 is 10.5 Å². The molecular formula is C12H14F2N2O. The number of rotatable bonds is 5. The number of hydrogen-bond acceptors (Lipinski definition) is 2. The Hall–Kier alpha value is -1.65. The summed E-state index contributed by atoms with van der Waals surface area (Å²) in [6, 6.07) is 3.60. The van der Waals surface area contributed by atoms with Gasteiger partial charge in [0.25, 0.3) is 0 Å². The molecule has 5 heteroatoms. The third-order valence-electron chi connectivity index (χ3n) is 2.96. The predicted molar refractivity (Wildman–Crippen MR) is 60.1 cm³/mol. The van der Waals surface area contributed by atoms with Gasteiger partial charge in [-0.2, -0.15) is 0 Å². The summed E-state index contributed by atoms with van der Waals surface area (Å²) in [6.45, 7) is 0.199. The highest BCUT2D eigenvalue weighted by atomic mass is 19.1. The van der Waals surface area contributed by atoms with Crippen LogP contribution in [0, 0.1) is 22.5 Å². The fraction of sp³-hybridized carbons (Fsp3) is 0.417. The van der Waals surface area contributed by atoms with Gasteiger partial charge in [-0.1, -0.05) is 6.07 Å². The highest BCUT2D eigenvalue weighted by molar-refractivity contribution is 5.78. The molecule has 2 rings (SSSR count). The van der Waals surface area contributed by atoms with Crippen LogP contribution in [0.15, 0.2) is 18.2 Å². The van der Waals surface area contributed by atoms with Crippen LogP contribution in [-0.4, -0.2) is 12.4 Å². The first-order valence-corrected chi connectivity index (χ1v) is 5.42. The molecule has 1 aliphatic carbocycles. The van der Waals surface area contributed by atoms with Crippen LogP contribution in [0.4, 0.5) is 8.78 Å². The number of para-hydroxylation sites is 1. The summed E-state index contributed by atoms with van der Waals surface area (Å²) in [7, 11) is 0. The standard InChI is InChI=1S/C12H14F2N2O/c13-8-2-1-3-9(14)11(8)17-7-12(4-5-12)6-10(15)16/h1-3H,4-7H2,(H3,15,16). The van der Waals surface area contributed by atoms with Gasteiger partial charge in [-0.05, 0) is 25.0 Å². The maximum Gasteiger partial charge on any atom is 0.190 e. The van der Waals surface area contributed by atoms with Crippen molar-refractivity contribution in [1.82, 2.24) is 0 Å². The predicted octanol–water partition coefficient (Wildman–Crippen LogP) is 2.45. The van der Waals surface area contributed by atoms with Gasteiger partial charge in [-0.3, -0.25) is 5.41 Å².